The van der Waals surface area contributed by atoms with Gasteiger partial charge in [0.25, 0.3) is 11.8 Å². The molecule has 1 fully saturated rings. The number of fused-ring (bicyclic) bond motifs is 1. The van der Waals surface area contributed by atoms with Gasteiger partial charge in [-0.1, -0.05) is 29.0 Å². The number of nitrogens with zero attached hydrogens (tertiary/aromatic N) is 4. The van der Waals surface area contributed by atoms with Crippen LogP contribution in [-0.2, 0) is 14.4 Å². The number of hydrogen-bond donors (Lipinski definition) is 1. The third-order valence-electron chi connectivity index (χ3n) is 5.57. The lowest BCUT2D eigenvalue weighted by molar-refractivity contribution is -0.123. The van der Waals surface area contributed by atoms with E-state index in [1.807, 2.05) is 52.0 Å². The maximum Gasteiger partial charge on any atom is 0.263 e. The minimum absolute atomic E-state index is 0.169. The number of aryl methyl sites for hydroxylation is 4. The van der Waals surface area contributed by atoms with Crippen molar-refractivity contribution >= 4 is 29.1 Å². The third-order valence-corrected chi connectivity index (χ3v) is 5.57. The van der Waals surface area contributed by atoms with Crippen LogP contribution in [0, 0.1) is 27.7 Å². The van der Waals surface area contributed by atoms with Gasteiger partial charge in [0.1, 0.15) is 6.54 Å². The number of carbonyl (C=O) groups excluding carboxylic acids is 3. The Labute approximate surface area is 174 Å². The number of rotatable bonds is 4. The van der Waals surface area contributed by atoms with Gasteiger partial charge in [0, 0.05) is 5.69 Å². The van der Waals surface area contributed by atoms with Gasteiger partial charge < -0.3 is 5.32 Å². The number of amides is 3. The smallest absolute Gasteiger partial charge is 0.263 e. The Balaban J connectivity index is 1.50. The molecule has 0 aromatic heterocycles. The average Bonchev–Trinajstić information content (AvgIpc) is 3.20. The molecule has 0 spiro atoms. The van der Waals surface area contributed by atoms with Crippen LogP contribution in [0.25, 0.3) is 0 Å². The predicted octanol–water partition coefficient (Wildman–Crippen LogP) is 2.85. The first-order chi connectivity index (χ1) is 14.3. The zero-order valence-electron chi connectivity index (χ0n) is 17.3. The van der Waals surface area contributed by atoms with Crippen molar-refractivity contribution in [1.29, 1.82) is 0 Å². The predicted molar refractivity (Wildman–Crippen MR) is 112 cm³/mol. The first kappa shape index (κ1) is 19.8. The zero-order valence-corrected chi connectivity index (χ0v) is 17.3. The highest BCUT2D eigenvalue weighted by atomic mass is 16.2. The summed E-state index contributed by atoms with van der Waals surface area (Å²) in [6.07, 6.45) is 0. The summed E-state index contributed by atoms with van der Waals surface area (Å²) in [5.74, 6) is -1.17. The molecule has 1 saturated heterocycles. The van der Waals surface area contributed by atoms with E-state index in [9.17, 15) is 14.4 Å². The fraction of sp³-hybridized carbons (Fsp3) is 0.318. The van der Waals surface area contributed by atoms with E-state index in [0.29, 0.717) is 11.4 Å². The highest BCUT2D eigenvalue weighted by Crippen LogP contribution is 2.32. The van der Waals surface area contributed by atoms with Gasteiger partial charge in [0.05, 0.1) is 5.69 Å². The van der Waals surface area contributed by atoms with Crippen molar-refractivity contribution in [3.8, 4) is 0 Å². The second-order valence-electron chi connectivity index (χ2n) is 7.84. The van der Waals surface area contributed by atoms with Gasteiger partial charge in [0.15, 0.2) is 12.1 Å². The Morgan fingerprint density at radius 1 is 0.967 bits per heavy atom. The lowest BCUT2D eigenvalue weighted by Gasteiger charge is -2.21. The minimum atomic E-state index is -0.923. The summed E-state index contributed by atoms with van der Waals surface area (Å²) in [6, 6.07) is 9.32. The van der Waals surface area contributed by atoms with E-state index >= 15 is 0 Å². The van der Waals surface area contributed by atoms with Gasteiger partial charge in [-0.3, -0.25) is 19.4 Å². The molecule has 2 heterocycles. The quantitative estimate of drug-likeness (QED) is 0.792. The van der Waals surface area contributed by atoms with Crippen molar-refractivity contribution in [2.24, 2.45) is 10.3 Å². The van der Waals surface area contributed by atoms with Crippen molar-refractivity contribution in [2.45, 2.75) is 39.8 Å². The van der Waals surface area contributed by atoms with Crippen LogP contribution < -0.4 is 10.2 Å². The topological polar surface area (TPSA) is 94.4 Å². The number of hydrogen-bond acceptors (Lipinski definition) is 6. The number of nitrogens with one attached hydrogen (secondary N) is 1. The van der Waals surface area contributed by atoms with Gasteiger partial charge in [-0.05, 0) is 62.6 Å². The second-order valence-corrected chi connectivity index (χ2v) is 7.84. The molecule has 154 valence electrons. The molecule has 2 aromatic carbocycles. The Morgan fingerprint density at radius 2 is 1.73 bits per heavy atom. The lowest BCUT2D eigenvalue weighted by Crippen LogP contribution is -2.43. The molecular formula is C22H23N5O3. The number of anilines is 2. The van der Waals surface area contributed by atoms with Crippen LogP contribution in [0.5, 0.6) is 0 Å². The molecule has 2 aromatic rings. The van der Waals surface area contributed by atoms with Crippen molar-refractivity contribution in [3.05, 3.63) is 58.7 Å². The zero-order chi connectivity index (χ0) is 21.6. The van der Waals surface area contributed by atoms with E-state index in [2.05, 4.69) is 15.7 Å². The maximum atomic E-state index is 13.0. The summed E-state index contributed by atoms with van der Waals surface area (Å²) in [6.45, 7) is 7.61. The standard InChI is InChI=1S/C22H23N5O3/c1-12-5-8-17(15(4)9-12)23-18(28)11-26-20-19(24-25-26)21(29)27(22(20)30)16-7-6-13(2)14(3)10-16/h5-10,19-20H,11H2,1-4H3,(H,23,28). The van der Waals surface area contributed by atoms with Gasteiger partial charge in [-0.25, -0.2) is 4.90 Å². The van der Waals surface area contributed by atoms with Crippen molar-refractivity contribution in [1.82, 2.24) is 5.01 Å². The fourth-order valence-corrected chi connectivity index (χ4v) is 3.76. The molecule has 2 atom stereocenters. The highest BCUT2D eigenvalue weighted by molar-refractivity contribution is 6.25. The normalized spacial score (nSPS) is 20.1. The molecule has 0 bridgehead atoms. The summed E-state index contributed by atoms with van der Waals surface area (Å²) in [4.78, 5) is 39.6. The van der Waals surface area contributed by atoms with Crippen molar-refractivity contribution in [2.75, 3.05) is 16.8 Å². The van der Waals surface area contributed by atoms with Crippen LogP contribution >= 0.6 is 0 Å². The fourth-order valence-electron chi connectivity index (χ4n) is 3.76. The SMILES string of the molecule is Cc1ccc(NC(=O)CN2N=NC3C(=O)N(c4ccc(C)c(C)c4)C(=O)C32)c(C)c1. The third kappa shape index (κ3) is 3.34. The lowest BCUT2D eigenvalue weighted by atomic mass is 10.1. The Kier molecular flexibility index (Phi) is 4.85. The van der Waals surface area contributed by atoms with Gasteiger partial charge >= 0.3 is 0 Å². The Morgan fingerprint density at radius 3 is 2.43 bits per heavy atom. The highest BCUT2D eigenvalue weighted by Gasteiger charge is 2.55. The molecule has 2 aliphatic heterocycles. The number of carbonyl (C=O) groups is 3. The molecular weight excluding hydrogens is 382 g/mol. The van der Waals surface area contributed by atoms with Gasteiger partial charge in [0.2, 0.25) is 5.91 Å². The molecule has 0 saturated carbocycles. The maximum absolute atomic E-state index is 13.0. The second kappa shape index (κ2) is 7.37. The summed E-state index contributed by atoms with van der Waals surface area (Å²) in [7, 11) is 0. The van der Waals surface area contributed by atoms with E-state index in [1.54, 1.807) is 12.1 Å². The van der Waals surface area contributed by atoms with E-state index in [1.165, 1.54) is 5.01 Å². The van der Waals surface area contributed by atoms with E-state index < -0.39 is 23.9 Å². The summed E-state index contributed by atoms with van der Waals surface area (Å²) < 4.78 is 0. The molecule has 3 amide bonds. The van der Waals surface area contributed by atoms with Crippen LogP contribution in [0.2, 0.25) is 0 Å². The summed E-state index contributed by atoms with van der Waals surface area (Å²) in [5, 5.41) is 12.0. The van der Waals surface area contributed by atoms with Crippen molar-refractivity contribution < 1.29 is 14.4 Å². The van der Waals surface area contributed by atoms with Crippen LogP contribution in [0.4, 0.5) is 11.4 Å². The molecule has 0 radical (unpaired) electrons. The van der Waals surface area contributed by atoms with E-state index in [-0.39, 0.29) is 12.5 Å². The Hall–Kier alpha value is -3.55. The summed E-state index contributed by atoms with van der Waals surface area (Å²) >= 11 is 0. The van der Waals surface area contributed by atoms with Crippen LogP contribution in [-0.4, -0.2) is 41.4 Å². The first-order valence-electron chi connectivity index (χ1n) is 9.76. The van der Waals surface area contributed by atoms with Gasteiger partial charge in [-0.2, -0.15) is 5.11 Å². The molecule has 0 aliphatic carbocycles. The van der Waals surface area contributed by atoms with Crippen LogP contribution in [0.3, 0.4) is 0 Å². The minimum Gasteiger partial charge on any atom is -0.324 e. The van der Waals surface area contributed by atoms with Crippen LogP contribution in [0.15, 0.2) is 46.7 Å². The molecule has 2 aliphatic rings. The average molecular weight is 405 g/mol. The molecule has 8 heteroatoms. The molecule has 8 nitrogen and oxygen atoms in total. The van der Waals surface area contributed by atoms with Crippen LogP contribution in [0.1, 0.15) is 22.3 Å². The molecule has 4 rings (SSSR count). The largest absolute Gasteiger partial charge is 0.324 e. The molecule has 1 N–H and O–H groups in total. The molecule has 30 heavy (non-hydrogen) atoms. The number of imide groups is 1. The monoisotopic (exact) mass is 405 g/mol. The molecule has 2 unspecified atom stereocenters. The number of benzene rings is 2. The first-order valence-corrected chi connectivity index (χ1v) is 9.76. The van der Waals surface area contributed by atoms with E-state index in [0.717, 1.165) is 27.2 Å². The summed E-state index contributed by atoms with van der Waals surface area (Å²) in [5.41, 5.74) is 5.31. The van der Waals surface area contributed by atoms with E-state index in [4.69, 9.17) is 0 Å². The van der Waals surface area contributed by atoms with Crippen molar-refractivity contribution in [3.63, 3.8) is 0 Å². The van der Waals surface area contributed by atoms with Gasteiger partial charge in [-0.15, -0.1) is 0 Å². The Bertz CT molecular complexity index is 1090.